The molecule has 6 nitrogen and oxygen atoms in total. The highest BCUT2D eigenvalue weighted by molar-refractivity contribution is 5.79. The monoisotopic (exact) mass is 342 g/mol. The topological polar surface area (TPSA) is 71.7 Å². The van der Waals surface area contributed by atoms with Crippen LogP contribution < -0.4 is 15.4 Å². The normalized spacial score (nSPS) is 13.5. The Morgan fingerprint density at radius 1 is 1.28 bits per heavy atom. The van der Waals surface area contributed by atoms with Crippen LogP contribution in [0.2, 0.25) is 0 Å². The maximum atomic E-state index is 5.57. The number of rotatable bonds is 6. The first-order chi connectivity index (χ1) is 12.2. The number of aromatic nitrogens is 1. The van der Waals surface area contributed by atoms with Crippen molar-refractivity contribution in [1.82, 2.24) is 15.6 Å². The summed E-state index contributed by atoms with van der Waals surface area (Å²) in [6.45, 7) is 8.77. The van der Waals surface area contributed by atoms with E-state index in [1.807, 2.05) is 13.8 Å². The summed E-state index contributed by atoms with van der Waals surface area (Å²) in [4.78, 5) is 8.91. The van der Waals surface area contributed by atoms with Gasteiger partial charge in [-0.1, -0.05) is 12.1 Å². The Morgan fingerprint density at radius 3 is 2.92 bits per heavy atom. The van der Waals surface area contributed by atoms with E-state index in [9.17, 15) is 0 Å². The van der Waals surface area contributed by atoms with Crippen LogP contribution in [-0.2, 0) is 19.4 Å². The van der Waals surface area contributed by atoms with Crippen molar-refractivity contribution in [1.29, 1.82) is 0 Å². The van der Waals surface area contributed by atoms with Crippen LogP contribution in [0.4, 0.5) is 0 Å². The molecule has 0 unspecified atom stereocenters. The maximum absolute atomic E-state index is 5.57. The van der Waals surface area contributed by atoms with E-state index in [0.717, 1.165) is 55.7 Å². The average Bonchev–Trinajstić information content (AvgIpc) is 3.19. The third-order valence-electron chi connectivity index (χ3n) is 4.25. The van der Waals surface area contributed by atoms with Gasteiger partial charge in [0.25, 0.3) is 0 Å². The lowest BCUT2D eigenvalue weighted by molar-refractivity contribution is 0.357. The number of guanidine groups is 1. The Balaban J connectivity index is 1.53. The van der Waals surface area contributed by atoms with Crippen molar-refractivity contribution in [3.8, 4) is 5.75 Å². The molecule has 0 atom stereocenters. The second-order valence-corrected chi connectivity index (χ2v) is 6.16. The Labute approximate surface area is 148 Å². The molecule has 0 aliphatic carbocycles. The molecule has 0 saturated heterocycles. The molecule has 1 aliphatic heterocycles. The molecule has 0 saturated carbocycles. The van der Waals surface area contributed by atoms with Crippen LogP contribution >= 0.6 is 0 Å². The molecule has 0 bridgehead atoms. The van der Waals surface area contributed by atoms with Gasteiger partial charge in [-0.2, -0.15) is 0 Å². The first-order valence-electron chi connectivity index (χ1n) is 8.85. The van der Waals surface area contributed by atoms with Crippen molar-refractivity contribution in [2.75, 3.05) is 19.7 Å². The number of nitrogens with one attached hydrogen (secondary N) is 2. The molecule has 25 heavy (non-hydrogen) atoms. The number of benzene rings is 1. The first kappa shape index (κ1) is 17.3. The van der Waals surface area contributed by atoms with E-state index in [-0.39, 0.29) is 0 Å². The lowest BCUT2D eigenvalue weighted by Gasteiger charge is -2.11. The predicted octanol–water partition coefficient (Wildman–Crippen LogP) is 2.52. The summed E-state index contributed by atoms with van der Waals surface area (Å²) in [6, 6.07) is 6.45. The van der Waals surface area contributed by atoms with Gasteiger partial charge in [-0.25, -0.2) is 9.98 Å². The molecule has 0 amide bonds. The smallest absolute Gasteiger partial charge is 0.216 e. The summed E-state index contributed by atoms with van der Waals surface area (Å²) in [5.74, 6) is 3.30. The van der Waals surface area contributed by atoms with Gasteiger partial charge >= 0.3 is 0 Å². The minimum absolute atomic E-state index is 0.431. The van der Waals surface area contributed by atoms with Crippen molar-refractivity contribution in [2.45, 2.75) is 40.2 Å². The molecular formula is C19H26N4O2. The zero-order valence-corrected chi connectivity index (χ0v) is 15.2. The summed E-state index contributed by atoms with van der Waals surface area (Å²) in [5, 5.41) is 6.62. The second kappa shape index (κ2) is 8.05. The molecular weight excluding hydrogens is 316 g/mol. The van der Waals surface area contributed by atoms with Crippen LogP contribution in [0.15, 0.2) is 27.6 Å². The zero-order valence-electron chi connectivity index (χ0n) is 15.2. The van der Waals surface area contributed by atoms with Crippen LogP contribution in [0.25, 0.3) is 0 Å². The summed E-state index contributed by atoms with van der Waals surface area (Å²) < 4.78 is 11.1. The van der Waals surface area contributed by atoms with Crippen molar-refractivity contribution in [3.63, 3.8) is 0 Å². The summed E-state index contributed by atoms with van der Waals surface area (Å²) >= 11 is 0. The van der Waals surface area contributed by atoms with E-state index < -0.39 is 0 Å². The molecule has 134 valence electrons. The molecule has 1 aromatic carbocycles. The molecule has 0 fully saturated rings. The van der Waals surface area contributed by atoms with Gasteiger partial charge in [-0.05, 0) is 44.4 Å². The number of aliphatic imine (C=N–C) groups is 1. The van der Waals surface area contributed by atoms with Crippen molar-refractivity contribution in [2.24, 2.45) is 4.99 Å². The van der Waals surface area contributed by atoms with Gasteiger partial charge in [-0.15, -0.1) is 0 Å². The number of hydrogen-bond acceptors (Lipinski definition) is 4. The van der Waals surface area contributed by atoms with Crippen LogP contribution in [0.3, 0.4) is 0 Å². The number of aryl methyl sites for hydroxylation is 2. The van der Waals surface area contributed by atoms with Gasteiger partial charge in [0.2, 0.25) is 5.89 Å². The summed E-state index contributed by atoms with van der Waals surface area (Å²) in [7, 11) is 0. The Kier molecular flexibility index (Phi) is 5.58. The highest BCUT2D eigenvalue weighted by atomic mass is 16.5. The van der Waals surface area contributed by atoms with Gasteiger partial charge in [-0.3, -0.25) is 0 Å². The van der Waals surface area contributed by atoms with E-state index in [2.05, 4.69) is 45.7 Å². The molecule has 1 aromatic heterocycles. The molecule has 0 radical (unpaired) electrons. The fourth-order valence-corrected chi connectivity index (χ4v) is 2.82. The summed E-state index contributed by atoms with van der Waals surface area (Å²) in [6.07, 6.45) is 1.95. The van der Waals surface area contributed by atoms with Gasteiger partial charge < -0.3 is 19.8 Å². The molecule has 6 heteroatoms. The zero-order chi connectivity index (χ0) is 17.6. The molecule has 1 aliphatic rings. The summed E-state index contributed by atoms with van der Waals surface area (Å²) in [5.41, 5.74) is 3.54. The number of oxazole rings is 1. The van der Waals surface area contributed by atoms with Gasteiger partial charge in [0.15, 0.2) is 5.96 Å². The van der Waals surface area contributed by atoms with Crippen LogP contribution in [0.5, 0.6) is 5.75 Å². The van der Waals surface area contributed by atoms with Gasteiger partial charge in [0.1, 0.15) is 18.1 Å². The number of nitrogens with zero attached hydrogens (tertiary/aromatic N) is 2. The van der Waals surface area contributed by atoms with Crippen molar-refractivity contribution >= 4 is 5.96 Å². The first-order valence-corrected chi connectivity index (χ1v) is 8.85. The minimum atomic E-state index is 0.431. The number of fused-ring (bicyclic) bond motifs is 1. The molecule has 3 rings (SSSR count). The number of ether oxygens (including phenoxy) is 1. The number of hydrogen-bond donors (Lipinski definition) is 2. The van der Waals surface area contributed by atoms with Crippen LogP contribution in [0.1, 0.15) is 35.4 Å². The second-order valence-electron chi connectivity index (χ2n) is 6.16. The molecule has 2 heterocycles. The molecule has 2 N–H and O–H groups in total. The largest absolute Gasteiger partial charge is 0.493 e. The fraction of sp³-hybridized carbons (Fsp3) is 0.474. The van der Waals surface area contributed by atoms with E-state index in [0.29, 0.717) is 12.4 Å². The Morgan fingerprint density at radius 2 is 2.16 bits per heavy atom. The van der Waals surface area contributed by atoms with E-state index in [1.165, 1.54) is 11.1 Å². The highest BCUT2D eigenvalue weighted by Gasteiger charge is 2.12. The van der Waals surface area contributed by atoms with Gasteiger partial charge in [0.05, 0.1) is 12.3 Å². The SMILES string of the molecule is CCNC(=NCc1nc(C)c(C)o1)NCCc1ccc2c(c1)CCO2. The van der Waals surface area contributed by atoms with Gasteiger partial charge in [0, 0.05) is 19.5 Å². The third kappa shape index (κ3) is 4.53. The third-order valence-corrected chi connectivity index (χ3v) is 4.25. The van der Waals surface area contributed by atoms with E-state index in [4.69, 9.17) is 9.15 Å². The van der Waals surface area contributed by atoms with Crippen LogP contribution in [-0.4, -0.2) is 30.6 Å². The standard InChI is InChI=1S/C19H26N4O2/c1-4-20-19(22-12-18-23-13(2)14(3)25-18)21-9-7-15-5-6-17-16(11-15)8-10-24-17/h5-6,11H,4,7-10,12H2,1-3H3,(H2,20,21,22). The predicted molar refractivity (Wildman–Crippen MR) is 98.1 cm³/mol. The van der Waals surface area contributed by atoms with Crippen molar-refractivity contribution in [3.05, 3.63) is 46.7 Å². The van der Waals surface area contributed by atoms with Crippen LogP contribution in [0, 0.1) is 13.8 Å². The quantitative estimate of drug-likeness (QED) is 0.623. The van der Waals surface area contributed by atoms with E-state index in [1.54, 1.807) is 0 Å². The molecule has 0 spiro atoms. The van der Waals surface area contributed by atoms with E-state index >= 15 is 0 Å². The average molecular weight is 342 g/mol. The highest BCUT2D eigenvalue weighted by Crippen LogP contribution is 2.25. The lowest BCUT2D eigenvalue weighted by Crippen LogP contribution is -2.38. The maximum Gasteiger partial charge on any atom is 0.216 e. The minimum Gasteiger partial charge on any atom is -0.493 e. The van der Waals surface area contributed by atoms with Crippen molar-refractivity contribution < 1.29 is 9.15 Å². The molecule has 2 aromatic rings. The fourth-order valence-electron chi connectivity index (χ4n) is 2.82. The Hall–Kier alpha value is -2.50. The Bertz CT molecular complexity index is 732. The lowest BCUT2D eigenvalue weighted by atomic mass is 10.1.